The van der Waals surface area contributed by atoms with Crippen molar-refractivity contribution in [1.82, 2.24) is 24.4 Å². The predicted molar refractivity (Wildman–Crippen MR) is 121 cm³/mol. The molecule has 1 fully saturated rings. The number of fused-ring (bicyclic) bond motifs is 1. The summed E-state index contributed by atoms with van der Waals surface area (Å²) in [5.74, 6) is -0.742. The van der Waals surface area contributed by atoms with Crippen LogP contribution in [-0.2, 0) is 12.7 Å². The van der Waals surface area contributed by atoms with Crippen molar-refractivity contribution in [2.75, 3.05) is 26.2 Å². The first-order valence-electron chi connectivity index (χ1n) is 11.1. The largest absolute Gasteiger partial charge is 0.433 e. The maximum Gasteiger partial charge on any atom is 0.433 e. The summed E-state index contributed by atoms with van der Waals surface area (Å²) in [6, 6.07) is 17.3. The van der Waals surface area contributed by atoms with Gasteiger partial charge in [-0.25, -0.2) is 13.9 Å². The maximum atomic E-state index is 13.9. The zero-order chi connectivity index (χ0) is 24.6. The van der Waals surface area contributed by atoms with Gasteiger partial charge in [-0.3, -0.25) is 9.69 Å². The smallest absolute Gasteiger partial charge is 0.335 e. The maximum absolute atomic E-state index is 13.9. The average Bonchev–Trinajstić information content (AvgIpc) is 3.29. The molecule has 1 saturated heterocycles. The Bertz CT molecular complexity index is 1360. The number of piperazine rings is 1. The molecule has 1 amide bonds. The van der Waals surface area contributed by atoms with E-state index in [1.54, 1.807) is 53.4 Å². The standard InChI is InChI=1S/C25H21F4N5O/c26-19-9-5-4-8-18(19)16-32-10-12-33(13-11-32)24(35)21-15-23-30-20(17-6-2-1-3-7-17)14-22(25(27,28)29)34(23)31-21/h1-9,14-15H,10-13,16H2. The number of carbonyl (C=O) groups excluding carboxylic acids is 1. The Morgan fingerprint density at radius 1 is 0.914 bits per heavy atom. The highest BCUT2D eigenvalue weighted by molar-refractivity contribution is 5.93. The normalized spacial score (nSPS) is 15.0. The van der Waals surface area contributed by atoms with E-state index in [0.717, 1.165) is 6.07 Å². The summed E-state index contributed by atoms with van der Waals surface area (Å²) in [7, 11) is 0. The van der Waals surface area contributed by atoms with Gasteiger partial charge >= 0.3 is 6.18 Å². The fraction of sp³-hybridized carbons (Fsp3) is 0.240. The van der Waals surface area contributed by atoms with Crippen LogP contribution in [0.1, 0.15) is 21.7 Å². The molecule has 0 spiro atoms. The Hall–Kier alpha value is -3.79. The lowest BCUT2D eigenvalue weighted by molar-refractivity contribution is -0.142. The van der Waals surface area contributed by atoms with E-state index in [1.165, 1.54) is 12.1 Å². The topological polar surface area (TPSA) is 53.7 Å². The molecule has 0 atom stereocenters. The van der Waals surface area contributed by atoms with E-state index in [0.29, 0.717) is 48.4 Å². The Morgan fingerprint density at radius 3 is 2.29 bits per heavy atom. The molecule has 0 aliphatic carbocycles. The lowest BCUT2D eigenvalue weighted by Crippen LogP contribution is -2.48. The van der Waals surface area contributed by atoms with Gasteiger partial charge in [-0.15, -0.1) is 0 Å². The number of rotatable bonds is 4. The molecular formula is C25H21F4N5O. The van der Waals surface area contributed by atoms with Crippen LogP contribution in [-0.4, -0.2) is 56.5 Å². The van der Waals surface area contributed by atoms with Crippen LogP contribution in [0, 0.1) is 5.82 Å². The van der Waals surface area contributed by atoms with Gasteiger partial charge in [-0.05, 0) is 12.1 Å². The van der Waals surface area contributed by atoms with Crippen molar-refractivity contribution in [3.05, 3.63) is 89.5 Å². The molecule has 3 heterocycles. The van der Waals surface area contributed by atoms with Crippen LogP contribution in [0.4, 0.5) is 17.6 Å². The third-order valence-electron chi connectivity index (χ3n) is 6.02. The zero-order valence-corrected chi connectivity index (χ0v) is 18.5. The van der Waals surface area contributed by atoms with Crippen molar-refractivity contribution in [3.8, 4) is 11.3 Å². The minimum absolute atomic E-state index is 0.0554. The number of hydrogen-bond donors (Lipinski definition) is 0. The van der Waals surface area contributed by atoms with Gasteiger partial charge in [0.05, 0.1) is 5.69 Å². The molecule has 180 valence electrons. The van der Waals surface area contributed by atoms with E-state index in [1.807, 2.05) is 4.90 Å². The Morgan fingerprint density at radius 2 is 1.60 bits per heavy atom. The second-order valence-electron chi connectivity index (χ2n) is 8.35. The molecule has 1 aliphatic heterocycles. The van der Waals surface area contributed by atoms with Crippen LogP contribution in [0.5, 0.6) is 0 Å². The summed E-state index contributed by atoms with van der Waals surface area (Å²) < 4.78 is 56.1. The first-order chi connectivity index (χ1) is 16.8. The number of amides is 1. The van der Waals surface area contributed by atoms with Crippen molar-refractivity contribution in [1.29, 1.82) is 0 Å². The molecule has 0 bridgehead atoms. The molecule has 0 saturated carbocycles. The Kier molecular flexibility index (Phi) is 5.98. The van der Waals surface area contributed by atoms with Crippen molar-refractivity contribution in [2.24, 2.45) is 0 Å². The molecule has 1 aliphatic rings. The van der Waals surface area contributed by atoms with E-state index in [9.17, 15) is 22.4 Å². The number of carbonyl (C=O) groups is 1. The van der Waals surface area contributed by atoms with Crippen LogP contribution in [0.2, 0.25) is 0 Å². The number of benzene rings is 2. The molecule has 35 heavy (non-hydrogen) atoms. The molecule has 0 N–H and O–H groups in total. The second kappa shape index (κ2) is 9.10. The summed E-state index contributed by atoms with van der Waals surface area (Å²) in [5.41, 5.74) is 0.0883. The van der Waals surface area contributed by atoms with Crippen LogP contribution in [0.15, 0.2) is 66.7 Å². The van der Waals surface area contributed by atoms with Gasteiger partial charge in [0.15, 0.2) is 17.0 Å². The third-order valence-corrected chi connectivity index (χ3v) is 6.02. The van der Waals surface area contributed by atoms with Crippen molar-refractivity contribution >= 4 is 11.6 Å². The molecule has 5 rings (SSSR count). The highest BCUT2D eigenvalue weighted by atomic mass is 19.4. The van der Waals surface area contributed by atoms with Crippen LogP contribution in [0.3, 0.4) is 0 Å². The minimum atomic E-state index is -4.69. The number of hydrogen-bond acceptors (Lipinski definition) is 4. The van der Waals surface area contributed by atoms with Crippen LogP contribution >= 0.6 is 0 Å². The van der Waals surface area contributed by atoms with Crippen LogP contribution in [0.25, 0.3) is 16.9 Å². The van der Waals surface area contributed by atoms with E-state index in [4.69, 9.17) is 0 Å². The first-order valence-corrected chi connectivity index (χ1v) is 11.1. The zero-order valence-electron chi connectivity index (χ0n) is 18.5. The summed E-state index contributed by atoms with van der Waals surface area (Å²) in [4.78, 5) is 21.0. The molecular weight excluding hydrogens is 462 g/mol. The Balaban J connectivity index is 1.37. The van der Waals surface area contributed by atoms with Gasteiger partial charge in [0, 0.05) is 49.9 Å². The molecule has 10 heteroatoms. The number of aromatic nitrogens is 3. The molecule has 6 nitrogen and oxygen atoms in total. The first kappa shape index (κ1) is 23.0. The molecule has 2 aromatic carbocycles. The molecule has 0 radical (unpaired) electrons. The van der Waals surface area contributed by atoms with E-state index in [2.05, 4.69) is 10.1 Å². The van der Waals surface area contributed by atoms with Gasteiger partial charge in [-0.2, -0.15) is 18.3 Å². The van der Waals surface area contributed by atoms with E-state index in [-0.39, 0.29) is 22.9 Å². The minimum Gasteiger partial charge on any atom is -0.335 e. The van der Waals surface area contributed by atoms with Crippen molar-refractivity contribution in [3.63, 3.8) is 0 Å². The second-order valence-corrected chi connectivity index (χ2v) is 8.35. The molecule has 4 aromatic rings. The van der Waals surface area contributed by atoms with E-state index >= 15 is 0 Å². The summed E-state index contributed by atoms with van der Waals surface area (Å²) in [6.07, 6.45) is -4.69. The SMILES string of the molecule is O=C(c1cc2nc(-c3ccccc3)cc(C(F)(F)F)n2n1)N1CCN(Cc2ccccc2F)CC1. The fourth-order valence-corrected chi connectivity index (χ4v) is 4.18. The summed E-state index contributed by atoms with van der Waals surface area (Å²) in [5, 5.41) is 3.97. The van der Waals surface area contributed by atoms with Gasteiger partial charge in [0.2, 0.25) is 0 Å². The average molecular weight is 483 g/mol. The van der Waals surface area contributed by atoms with Gasteiger partial charge < -0.3 is 4.90 Å². The molecule has 2 aromatic heterocycles. The van der Waals surface area contributed by atoms with Crippen molar-refractivity contribution in [2.45, 2.75) is 12.7 Å². The number of halogens is 4. The Labute approximate surface area is 198 Å². The van der Waals surface area contributed by atoms with Gasteiger partial charge in [0.1, 0.15) is 5.82 Å². The highest BCUT2D eigenvalue weighted by Crippen LogP contribution is 2.32. The quantitative estimate of drug-likeness (QED) is 0.401. The summed E-state index contributed by atoms with van der Waals surface area (Å²) >= 11 is 0. The van der Waals surface area contributed by atoms with Crippen LogP contribution < -0.4 is 0 Å². The molecule has 0 unspecified atom stereocenters. The number of alkyl halides is 3. The fourth-order valence-electron chi connectivity index (χ4n) is 4.18. The van der Waals surface area contributed by atoms with Crippen molar-refractivity contribution < 1.29 is 22.4 Å². The third kappa shape index (κ3) is 4.74. The van der Waals surface area contributed by atoms with Gasteiger partial charge in [0.25, 0.3) is 5.91 Å². The number of nitrogens with zero attached hydrogens (tertiary/aromatic N) is 5. The monoisotopic (exact) mass is 483 g/mol. The lowest BCUT2D eigenvalue weighted by atomic mass is 10.1. The van der Waals surface area contributed by atoms with Gasteiger partial charge in [-0.1, -0.05) is 48.5 Å². The van der Waals surface area contributed by atoms with E-state index < -0.39 is 17.8 Å². The lowest BCUT2D eigenvalue weighted by Gasteiger charge is -2.34. The predicted octanol–water partition coefficient (Wildman–Crippen LogP) is 4.51. The highest BCUT2D eigenvalue weighted by Gasteiger charge is 2.36. The summed E-state index contributed by atoms with van der Waals surface area (Å²) in [6.45, 7) is 2.16.